The molecular formula is C18H25N3O5S2. The van der Waals surface area contributed by atoms with E-state index >= 15 is 0 Å². The summed E-state index contributed by atoms with van der Waals surface area (Å²) in [5.74, 6) is 2.13. The molecule has 8 nitrogen and oxygen atoms in total. The summed E-state index contributed by atoms with van der Waals surface area (Å²) >= 11 is 1.03. The number of hydrogen-bond donors (Lipinski definition) is 2. The predicted molar refractivity (Wildman–Crippen MR) is 109 cm³/mol. The number of carbonyl (C=O) groups excluding carboxylic acids is 2. The van der Waals surface area contributed by atoms with Crippen molar-refractivity contribution in [2.45, 2.75) is 45.3 Å². The van der Waals surface area contributed by atoms with Gasteiger partial charge in [-0.25, -0.2) is 13.2 Å². The maximum atomic E-state index is 12.6. The standard InChI is InChI=1S/C18H25N3O5S2/c1-18(2,3)26-17(23)21-8-5-6-12(11-21)20-16(22)15-14(19)10-13(27-15)7-9-28(4,24)25/h10,12H,5-6,8,11,19H2,1-4H3,(H,20,22)/t12-/m0/s1. The Balaban J connectivity index is 2.03. The third kappa shape index (κ3) is 6.73. The van der Waals surface area contributed by atoms with Gasteiger partial charge in [-0.05, 0) is 45.6 Å². The molecular weight excluding hydrogens is 402 g/mol. The van der Waals surface area contributed by atoms with E-state index in [2.05, 4.69) is 16.5 Å². The van der Waals surface area contributed by atoms with Crippen molar-refractivity contribution in [3.63, 3.8) is 0 Å². The van der Waals surface area contributed by atoms with Gasteiger partial charge in [0, 0.05) is 24.4 Å². The van der Waals surface area contributed by atoms with E-state index < -0.39 is 21.5 Å². The largest absolute Gasteiger partial charge is 0.444 e. The summed E-state index contributed by atoms with van der Waals surface area (Å²) < 4.78 is 27.7. The lowest BCUT2D eigenvalue weighted by Crippen LogP contribution is -2.50. The van der Waals surface area contributed by atoms with E-state index in [1.165, 1.54) is 6.07 Å². The fourth-order valence-electron chi connectivity index (χ4n) is 2.63. The van der Waals surface area contributed by atoms with Crippen LogP contribution >= 0.6 is 11.3 Å². The fourth-order valence-corrected chi connectivity index (χ4v) is 3.82. The van der Waals surface area contributed by atoms with Crippen molar-refractivity contribution in [3.8, 4) is 11.2 Å². The minimum Gasteiger partial charge on any atom is -0.444 e. The molecule has 1 aliphatic rings. The molecule has 2 amide bonds. The van der Waals surface area contributed by atoms with Crippen LogP contribution < -0.4 is 11.1 Å². The number of nitrogens with two attached hydrogens (primary N) is 1. The lowest BCUT2D eigenvalue weighted by Gasteiger charge is -2.34. The first-order valence-corrected chi connectivity index (χ1v) is 11.5. The maximum Gasteiger partial charge on any atom is 0.410 e. The molecule has 2 rings (SSSR count). The second kappa shape index (κ2) is 8.41. The van der Waals surface area contributed by atoms with Gasteiger partial charge in [-0.2, -0.15) is 0 Å². The van der Waals surface area contributed by atoms with Crippen molar-refractivity contribution in [3.05, 3.63) is 15.8 Å². The van der Waals surface area contributed by atoms with Crippen molar-refractivity contribution < 1.29 is 22.7 Å². The first kappa shape index (κ1) is 22.0. The molecule has 1 aliphatic heterocycles. The van der Waals surface area contributed by atoms with Crippen molar-refractivity contribution in [2.24, 2.45) is 0 Å². The van der Waals surface area contributed by atoms with Crippen molar-refractivity contribution in [1.82, 2.24) is 10.2 Å². The van der Waals surface area contributed by atoms with Gasteiger partial charge in [0.25, 0.3) is 5.91 Å². The van der Waals surface area contributed by atoms with Gasteiger partial charge < -0.3 is 20.7 Å². The second-order valence-electron chi connectivity index (χ2n) is 7.63. The molecule has 0 radical (unpaired) electrons. The number of nitrogen functional groups attached to an aromatic ring is 1. The van der Waals surface area contributed by atoms with Gasteiger partial charge in [-0.15, -0.1) is 11.3 Å². The Hall–Kier alpha value is -2.25. The quantitative estimate of drug-likeness (QED) is 0.695. The van der Waals surface area contributed by atoms with Crippen LogP contribution in [0.15, 0.2) is 6.07 Å². The monoisotopic (exact) mass is 427 g/mol. The highest BCUT2D eigenvalue weighted by Crippen LogP contribution is 2.25. The zero-order chi connectivity index (χ0) is 21.1. The molecule has 1 aromatic heterocycles. The Morgan fingerprint density at radius 2 is 2.07 bits per heavy atom. The van der Waals surface area contributed by atoms with E-state index in [0.29, 0.717) is 18.0 Å². The molecule has 0 aliphatic carbocycles. The van der Waals surface area contributed by atoms with Crippen LogP contribution in [0.25, 0.3) is 0 Å². The molecule has 1 fully saturated rings. The lowest BCUT2D eigenvalue weighted by molar-refractivity contribution is 0.0186. The normalized spacial score (nSPS) is 17.4. The van der Waals surface area contributed by atoms with Crippen molar-refractivity contribution >= 4 is 38.9 Å². The zero-order valence-electron chi connectivity index (χ0n) is 16.4. The Morgan fingerprint density at radius 1 is 1.39 bits per heavy atom. The number of nitrogens with zero attached hydrogens (tertiary/aromatic N) is 1. The van der Waals surface area contributed by atoms with Crippen LogP contribution in [0, 0.1) is 11.2 Å². The number of sulfone groups is 1. The molecule has 1 atom stereocenters. The van der Waals surface area contributed by atoms with Gasteiger partial charge in [-0.3, -0.25) is 4.79 Å². The summed E-state index contributed by atoms with van der Waals surface area (Å²) in [6.07, 6.45) is 2.08. The Kier molecular flexibility index (Phi) is 6.62. The van der Waals surface area contributed by atoms with Crippen molar-refractivity contribution in [2.75, 3.05) is 25.1 Å². The number of hydrogen-bond acceptors (Lipinski definition) is 7. The van der Waals surface area contributed by atoms with Crippen LogP contribution in [0.3, 0.4) is 0 Å². The maximum absolute atomic E-state index is 12.6. The second-order valence-corrected chi connectivity index (χ2v) is 10.4. The van der Waals surface area contributed by atoms with Crippen LogP contribution in [0.5, 0.6) is 0 Å². The predicted octanol–water partition coefficient (Wildman–Crippen LogP) is 1.81. The molecule has 0 saturated carbocycles. The minimum atomic E-state index is -3.44. The van der Waals surface area contributed by atoms with Crippen LogP contribution in [0.2, 0.25) is 0 Å². The number of amides is 2. The Morgan fingerprint density at radius 3 is 2.68 bits per heavy atom. The smallest absolute Gasteiger partial charge is 0.410 e. The van der Waals surface area contributed by atoms with E-state index in [0.717, 1.165) is 30.4 Å². The van der Waals surface area contributed by atoms with E-state index in [1.807, 2.05) is 0 Å². The zero-order valence-corrected chi connectivity index (χ0v) is 18.0. The van der Waals surface area contributed by atoms with Crippen LogP contribution in [0.1, 0.15) is 48.2 Å². The summed E-state index contributed by atoms with van der Waals surface area (Å²) in [6, 6.07) is 1.26. The highest BCUT2D eigenvalue weighted by atomic mass is 32.2. The molecule has 10 heteroatoms. The van der Waals surface area contributed by atoms with E-state index in [1.54, 1.807) is 25.7 Å². The molecule has 0 spiro atoms. The molecule has 0 unspecified atom stereocenters. The molecule has 0 bridgehead atoms. The van der Waals surface area contributed by atoms with Gasteiger partial charge in [0.05, 0.1) is 16.8 Å². The average Bonchev–Trinajstić information content (AvgIpc) is 2.92. The number of carbonyl (C=O) groups is 2. The fraction of sp³-hybridized carbons (Fsp3) is 0.556. The summed E-state index contributed by atoms with van der Waals surface area (Å²) in [5, 5.41) is 5.01. The number of rotatable bonds is 2. The molecule has 0 aromatic carbocycles. The Labute approximate surface area is 169 Å². The molecule has 28 heavy (non-hydrogen) atoms. The van der Waals surface area contributed by atoms with Crippen LogP contribution in [-0.4, -0.2) is 56.3 Å². The van der Waals surface area contributed by atoms with Crippen LogP contribution in [0.4, 0.5) is 10.5 Å². The third-order valence-electron chi connectivity index (χ3n) is 3.73. The molecule has 154 valence electrons. The summed E-state index contributed by atoms with van der Waals surface area (Å²) in [7, 11) is -3.44. The molecule has 1 saturated heterocycles. The van der Waals surface area contributed by atoms with Gasteiger partial charge in [0.15, 0.2) is 0 Å². The van der Waals surface area contributed by atoms with E-state index in [-0.39, 0.29) is 22.5 Å². The number of anilines is 1. The number of nitrogens with one attached hydrogen (secondary N) is 1. The highest BCUT2D eigenvalue weighted by Gasteiger charge is 2.29. The van der Waals surface area contributed by atoms with Crippen molar-refractivity contribution in [1.29, 1.82) is 0 Å². The first-order chi connectivity index (χ1) is 12.8. The highest BCUT2D eigenvalue weighted by molar-refractivity contribution is 7.95. The van der Waals surface area contributed by atoms with Gasteiger partial charge in [-0.1, -0.05) is 0 Å². The van der Waals surface area contributed by atoms with E-state index in [9.17, 15) is 18.0 Å². The Bertz CT molecular complexity index is 919. The third-order valence-corrected chi connectivity index (χ3v) is 5.27. The summed E-state index contributed by atoms with van der Waals surface area (Å²) in [4.78, 5) is 27.1. The molecule has 2 heterocycles. The van der Waals surface area contributed by atoms with Crippen LogP contribution in [-0.2, 0) is 14.6 Å². The molecule has 3 N–H and O–H groups in total. The van der Waals surface area contributed by atoms with Gasteiger partial charge in [0.2, 0.25) is 9.84 Å². The van der Waals surface area contributed by atoms with Gasteiger partial charge in [0.1, 0.15) is 10.5 Å². The number of thiophene rings is 1. The lowest BCUT2D eigenvalue weighted by atomic mass is 10.1. The molecule has 1 aromatic rings. The number of ether oxygens (including phenoxy) is 1. The number of likely N-dealkylation sites (tertiary alicyclic amines) is 1. The minimum absolute atomic E-state index is 0.221. The van der Waals surface area contributed by atoms with E-state index in [4.69, 9.17) is 10.5 Å². The summed E-state index contributed by atoms with van der Waals surface area (Å²) in [5.41, 5.74) is 5.53. The topological polar surface area (TPSA) is 119 Å². The first-order valence-electron chi connectivity index (χ1n) is 8.75. The average molecular weight is 428 g/mol. The van der Waals surface area contributed by atoms with Gasteiger partial charge >= 0.3 is 6.09 Å². The SMILES string of the molecule is CC(C)(C)OC(=O)N1CCC[C@H](NC(=O)c2sc(C#CS(C)(=O)=O)cc2N)C1. The summed E-state index contributed by atoms with van der Waals surface area (Å²) in [6.45, 7) is 6.34. The number of piperidine rings is 1.